The average Bonchev–Trinajstić information content (AvgIpc) is 2.77. The van der Waals surface area contributed by atoms with Gasteiger partial charge in [-0.05, 0) is 49.3 Å². The third-order valence-corrected chi connectivity index (χ3v) is 4.14. The molecule has 0 spiro atoms. The molecule has 1 aliphatic rings. The van der Waals surface area contributed by atoms with Gasteiger partial charge in [-0.15, -0.1) is 11.8 Å². The first kappa shape index (κ1) is 11.3. The van der Waals surface area contributed by atoms with Crippen molar-refractivity contribution < 1.29 is 4.79 Å². The number of hydrogen-bond acceptors (Lipinski definition) is 3. The Balaban J connectivity index is 2.02. The van der Waals surface area contributed by atoms with Crippen LogP contribution in [0, 0.1) is 6.92 Å². The molecule has 0 saturated carbocycles. The minimum absolute atomic E-state index is 0.117. The predicted octanol–water partition coefficient (Wildman–Crippen LogP) is 2.41. The molecule has 1 heterocycles. The van der Waals surface area contributed by atoms with E-state index in [-0.39, 0.29) is 11.2 Å². The number of anilines is 2. The summed E-state index contributed by atoms with van der Waals surface area (Å²) in [6.07, 6.45) is 2.13. The summed E-state index contributed by atoms with van der Waals surface area (Å²) in [5, 5.41) is 3.06. The lowest BCUT2D eigenvalue weighted by molar-refractivity contribution is -0.115. The summed E-state index contributed by atoms with van der Waals surface area (Å²) in [6, 6.07) is 5.58. The molecule has 1 saturated heterocycles. The smallest absolute Gasteiger partial charge is 0.237 e. The van der Waals surface area contributed by atoms with Gasteiger partial charge in [0.25, 0.3) is 0 Å². The molecule has 86 valence electrons. The van der Waals surface area contributed by atoms with Crippen LogP contribution in [-0.2, 0) is 4.79 Å². The van der Waals surface area contributed by atoms with Crippen LogP contribution >= 0.6 is 11.8 Å². The summed E-state index contributed by atoms with van der Waals surface area (Å²) in [4.78, 5) is 11.8. The van der Waals surface area contributed by atoms with Crippen molar-refractivity contribution in [2.45, 2.75) is 25.0 Å². The van der Waals surface area contributed by atoms with E-state index < -0.39 is 0 Å². The van der Waals surface area contributed by atoms with Gasteiger partial charge < -0.3 is 11.1 Å². The highest BCUT2D eigenvalue weighted by Crippen LogP contribution is 2.27. The maximum absolute atomic E-state index is 11.8. The van der Waals surface area contributed by atoms with Gasteiger partial charge in [0.1, 0.15) is 0 Å². The zero-order valence-corrected chi connectivity index (χ0v) is 10.1. The van der Waals surface area contributed by atoms with E-state index >= 15 is 0 Å². The highest BCUT2D eigenvalue weighted by molar-refractivity contribution is 8.00. The molecule has 0 aliphatic carbocycles. The van der Waals surface area contributed by atoms with E-state index in [4.69, 9.17) is 5.73 Å². The topological polar surface area (TPSA) is 55.1 Å². The molecule has 1 aromatic carbocycles. The Morgan fingerprint density at radius 3 is 3.00 bits per heavy atom. The number of aryl methyl sites for hydroxylation is 1. The first-order chi connectivity index (χ1) is 7.66. The van der Waals surface area contributed by atoms with Gasteiger partial charge in [0.05, 0.1) is 5.25 Å². The Hall–Kier alpha value is -1.16. The first-order valence-corrected chi connectivity index (χ1v) is 6.50. The normalized spacial score (nSPS) is 19.7. The maximum Gasteiger partial charge on any atom is 0.237 e. The van der Waals surface area contributed by atoms with Gasteiger partial charge in [0.2, 0.25) is 5.91 Å². The molecule has 4 heteroatoms. The molecule has 3 nitrogen and oxygen atoms in total. The molecular weight excluding hydrogens is 220 g/mol. The first-order valence-electron chi connectivity index (χ1n) is 5.45. The fourth-order valence-corrected chi connectivity index (χ4v) is 2.92. The van der Waals surface area contributed by atoms with Crippen molar-refractivity contribution in [3.8, 4) is 0 Å². The quantitative estimate of drug-likeness (QED) is 0.775. The fraction of sp³-hybridized carbons (Fsp3) is 0.417. The number of carbonyl (C=O) groups excluding carboxylic acids is 1. The lowest BCUT2D eigenvalue weighted by atomic mass is 10.1. The van der Waals surface area contributed by atoms with Crippen molar-refractivity contribution in [2.24, 2.45) is 0 Å². The molecule has 1 aliphatic heterocycles. The van der Waals surface area contributed by atoms with E-state index in [0.29, 0.717) is 0 Å². The van der Waals surface area contributed by atoms with Gasteiger partial charge >= 0.3 is 0 Å². The molecule has 1 fully saturated rings. The molecule has 16 heavy (non-hydrogen) atoms. The van der Waals surface area contributed by atoms with Crippen molar-refractivity contribution >= 4 is 29.0 Å². The Morgan fingerprint density at radius 1 is 1.56 bits per heavy atom. The number of hydrogen-bond donors (Lipinski definition) is 2. The van der Waals surface area contributed by atoms with Crippen LogP contribution in [0.15, 0.2) is 18.2 Å². The van der Waals surface area contributed by atoms with Crippen LogP contribution in [0.5, 0.6) is 0 Å². The van der Waals surface area contributed by atoms with Crippen LogP contribution in [-0.4, -0.2) is 16.9 Å². The van der Waals surface area contributed by atoms with E-state index in [1.54, 1.807) is 11.8 Å². The predicted molar refractivity (Wildman–Crippen MR) is 69.7 cm³/mol. The van der Waals surface area contributed by atoms with Crippen molar-refractivity contribution in [2.75, 3.05) is 16.8 Å². The van der Waals surface area contributed by atoms with Crippen molar-refractivity contribution in [1.29, 1.82) is 0 Å². The van der Waals surface area contributed by atoms with Gasteiger partial charge in [0.15, 0.2) is 0 Å². The van der Waals surface area contributed by atoms with Gasteiger partial charge in [-0.3, -0.25) is 4.79 Å². The van der Waals surface area contributed by atoms with Crippen molar-refractivity contribution in [3.05, 3.63) is 23.8 Å². The number of carbonyl (C=O) groups is 1. The zero-order valence-electron chi connectivity index (χ0n) is 9.32. The Labute approximate surface area is 99.8 Å². The van der Waals surface area contributed by atoms with Crippen LogP contribution in [0.2, 0.25) is 0 Å². The molecule has 0 aromatic heterocycles. The van der Waals surface area contributed by atoms with Crippen LogP contribution in [0.3, 0.4) is 0 Å². The van der Waals surface area contributed by atoms with Crippen molar-refractivity contribution in [3.63, 3.8) is 0 Å². The SMILES string of the molecule is Cc1cc(NC(=O)C2CCCS2)ccc1N. The summed E-state index contributed by atoms with van der Waals surface area (Å²) in [5.74, 6) is 1.21. The van der Waals surface area contributed by atoms with Crippen LogP contribution in [0.4, 0.5) is 11.4 Å². The van der Waals surface area contributed by atoms with Crippen LogP contribution in [0.1, 0.15) is 18.4 Å². The van der Waals surface area contributed by atoms with E-state index in [1.165, 1.54) is 0 Å². The van der Waals surface area contributed by atoms with E-state index in [0.717, 1.165) is 35.5 Å². The molecule has 0 bridgehead atoms. The van der Waals surface area contributed by atoms with E-state index in [9.17, 15) is 4.79 Å². The number of thioether (sulfide) groups is 1. The lowest BCUT2D eigenvalue weighted by Gasteiger charge is -2.11. The van der Waals surface area contributed by atoms with Gasteiger partial charge in [0, 0.05) is 11.4 Å². The molecular formula is C12H16N2OS. The molecule has 1 unspecified atom stereocenters. The Bertz CT molecular complexity index is 400. The van der Waals surface area contributed by atoms with Crippen molar-refractivity contribution in [1.82, 2.24) is 0 Å². The molecule has 2 rings (SSSR count). The molecule has 0 radical (unpaired) electrons. The van der Waals surface area contributed by atoms with Gasteiger partial charge in [-0.1, -0.05) is 0 Å². The summed E-state index contributed by atoms with van der Waals surface area (Å²) in [7, 11) is 0. The third-order valence-electron chi connectivity index (χ3n) is 2.76. The van der Waals surface area contributed by atoms with Gasteiger partial charge in [-0.25, -0.2) is 0 Å². The fourth-order valence-electron chi connectivity index (χ4n) is 1.76. The second-order valence-corrected chi connectivity index (χ2v) is 5.37. The number of nitrogen functional groups attached to an aromatic ring is 1. The summed E-state index contributed by atoms with van der Waals surface area (Å²) < 4.78 is 0. The Morgan fingerprint density at radius 2 is 2.38 bits per heavy atom. The second-order valence-electron chi connectivity index (χ2n) is 4.06. The average molecular weight is 236 g/mol. The summed E-state index contributed by atoms with van der Waals surface area (Å²) in [5.41, 5.74) is 8.32. The monoisotopic (exact) mass is 236 g/mol. The minimum Gasteiger partial charge on any atom is -0.399 e. The number of rotatable bonds is 2. The molecule has 1 atom stereocenters. The number of nitrogens with one attached hydrogen (secondary N) is 1. The lowest BCUT2D eigenvalue weighted by Crippen LogP contribution is -2.22. The van der Waals surface area contributed by atoms with Crippen LogP contribution in [0.25, 0.3) is 0 Å². The second kappa shape index (κ2) is 4.78. The largest absolute Gasteiger partial charge is 0.399 e. The number of benzene rings is 1. The van der Waals surface area contributed by atoms with E-state index in [2.05, 4.69) is 5.32 Å². The third kappa shape index (κ3) is 2.50. The highest BCUT2D eigenvalue weighted by Gasteiger charge is 2.23. The maximum atomic E-state index is 11.8. The molecule has 1 aromatic rings. The van der Waals surface area contributed by atoms with Gasteiger partial charge in [-0.2, -0.15) is 0 Å². The standard InChI is InChI=1S/C12H16N2OS/c1-8-7-9(4-5-10(8)13)14-12(15)11-3-2-6-16-11/h4-5,7,11H,2-3,6,13H2,1H3,(H,14,15). The summed E-state index contributed by atoms with van der Waals surface area (Å²) >= 11 is 1.74. The molecule has 3 N–H and O–H groups in total. The van der Waals surface area contributed by atoms with Crippen LogP contribution < -0.4 is 11.1 Å². The van der Waals surface area contributed by atoms with E-state index in [1.807, 2.05) is 25.1 Å². The number of nitrogens with two attached hydrogens (primary N) is 1. The highest BCUT2D eigenvalue weighted by atomic mass is 32.2. The Kier molecular flexibility index (Phi) is 3.39. The summed E-state index contributed by atoms with van der Waals surface area (Å²) in [6.45, 7) is 1.94. The number of amides is 1. The minimum atomic E-state index is 0.117. The molecule has 1 amide bonds. The zero-order chi connectivity index (χ0) is 11.5.